The second kappa shape index (κ2) is 14.2. The highest BCUT2D eigenvalue weighted by Crippen LogP contribution is 2.33. The first kappa shape index (κ1) is 29.7. The minimum atomic E-state index is -4.53. The molecule has 34 heavy (non-hydrogen) atoms. The van der Waals surface area contributed by atoms with Crippen molar-refractivity contribution in [2.45, 2.75) is 83.4 Å². The molecule has 1 aromatic carbocycles. The zero-order valence-corrected chi connectivity index (χ0v) is 20.5. The number of carbonyl (C=O) groups excluding carboxylic acids is 3. The Hall–Kier alpha value is -2.33. The van der Waals surface area contributed by atoms with Gasteiger partial charge in [-0.2, -0.15) is 13.2 Å². The van der Waals surface area contributed by atoms with Crippen LogP contribution in [0.5, 0.6) is 0 Å². The van der Waals surface area contributed by atoms with Gasteiger partial charge in [0.2, 0.25) is 0 Å². The summed E-state index contributed by atoms with van der Waals surface area (Å²) in [5, 5.41) is 3.32. The van der Waals surface area contributed by atoms with Crippen molar-refractivity contribution in [3.8, 4) is 0 Å². The predicted molar refractivity (Wildman–Crippen MR) is 121 cm³/mol. The summed E-state index contributed by atoms with van der Waals surface area (Å²) in [5.74, 6) is 0. The molecule has 11 heteroatoms. The van der Waals surface area contributed by atoms with Gasteiger partial charge in [-0.05, 0) is 56.9 Å². The van der Waals surface area contributed by atoms with Crippen LogP contribution in [0, 0.1) is 0 Å². The van der Waals surface area contributed by atoms with E-state index in [0.29, 0.717) is 25.7 Å². The van der Waals surface area contributed by atoms with Crippen LogP contribution in [-0.4, -0.2) is 55.1 Å². The number of hydrogen-bond donors (Lipinski definition) is 1. The number of alkyl halides is 3. The van der Waals surface area contributed by atoms with Gasteiger partial charge >= 0.3 is 12.3 Å². The molecular weight excluding hydrogens is 477 g/mol. The Balaban J connectivity index is 0.000000852. The maximum absolute atomic E-state index is 13.1. The molecule has 3 unspecified atom stereocenters. The van der Waals surface area contributed by atoms with E-state index in [4.69, 9.17) is 16.3 Å². The number of piperidine rings is 1. The number of nitrogens with zero attached hydrogens (tertiary/aromatic N) is 1. The van der Waals surface area contributed by atoms with Gasteiger partial charge in [-0.3, -0.25) is 4.79 Å². The van der Waals surface area contributed by atoms with Crippen LogP contribution in [0.1, 0.15) is 57.6 Å². The van der Waals surface area contributed by atoms with Crippen molar-refractivity contribution in [2.24, 2.45) is 0 Å². The molecule has 0 saturated carbocycles. The molecule has 3 atom stereocenters. The molecular formula is C23H32ClF3N2O5. The smallest absolute Gasteiger partial charge is 0.416 e. The molecule has 192 valence electrons. The number of ether oxygens (including phenoxy) is 2. The monoisotopic (exact) mass is 508 g/mol. The van der Waals surface area contributed by atoms with Crippen LogP contribution in [0.4, 0.5) is 18.0 Å². The minimum Gasteiger partial charge on any atom is -0.465 e. The molecule has 1 heterocycles. The fourth-order valence-electron chi connectivity index (χ4n) is 3.72. The quantitative estimate of drug-likeness (QED) is 0.498. The van der Waals surface area contributed by atoms with Gasteiger partial charge in [-0.25, -0.2) is 4.79 Å². The summed E-state index contributed by atoms with van der Waals surface area (Å²) in [6, 6.07) is 2.99. The molecule has 1 aliphatic rings. The Kier molecular flexibility index (Phi) is 12.4. The summed E-state index contributed by atoms with van der Waals surface area (Å²) in [6.07, 6.45) is -2.07. The van der Waals surface area contributed by atoms with Gasteiger partial charge in [0.1, 0.15) is 6.29 Å². The molecule has 1 aromatic rings. The number of hydrogen-bond acceptors (Lipinski definition) is 6. The third kappa shape index (κ3) is 9.89. The molecule has 0 spiro atoms. The van der Waals surface area contributed by atoms with Gasteiger partial charge in [-0.1, -0.05) is 18.5 Å². The van der Waals surface area contributed by atoms with Crippen molar-refractivity contribution in [1.29, 1.82) is 0 Å². The predicted octanol–water partition coefficient (Wildman–Crippen LogP) is 4.98. The van der Waals surface area contributed by atoms with E-state index in [1.54, 1.807) is 13.8 Å². The number of aldehydes is 1. The van der Waals surface area contributed by atoms with Crippen LogP contribution < -0.4 is 5.32 Å². The van der Waals surface area contributed by atoms with Gasteiger partial charge in [0.05, 0.1) is 18.8 Å². The molecule has 1 saturated heterocycles. The Bertz CT molecular complexity index is 807. The van der Waals surface area contributed by atoms with Crippen LogP contribution in [0.15, 0.2) is 18.2 Å². The molecule has 1 N–H and O–H groups in total. The average molecular weight is 509 g/mol. The molecule has 0 aliphatic carbocycles. The van der Waals surface area contributed by atoms with Gasteiger partial charge in [0.15, 0.2) is 0 Å². The van der Waals surface area contributed by atoms with E-state index in [1.165, 1.54) is 18.1 Å². The fourth-order valence-corrected chi connectivity index (χ4v) is 3.97. The zero-order chi connectivity index (χ0) is 25.9. The zero-order valence-electron chi connectivity index (χ0n) is 19.7. The standard InChI is InChI=1S/C19H24ClF3N2O3.C4H8O2/c1-3-15-9-17(10-16(24-15)4-5-26)25(18(27)28-2)11-12-6-13(19(21,22)23)8-14(20)7-12;1-4(2)6-3-5/h5-8,15-17,24H,3-4,9-11H2,1-2H3;3-4H,1-2H3. The second-order valence-corrected chi connectivity index (χ2v) is 8.66. The van der Waals surface area contributed by atoms with Crippen molar-refractivity contribution in [3.05, 3.63) is 34.3 Å². The highest BCUT2D eigenvalue weighted by atomic mass is 35.5. The first-order chi connectivity index (χ1) is 15.9. The van der Waals surface area contributed by atoms with Gasteiger partial charge in [0, 0.05) is 36.1 Å². The molecule has 1 fully saturated rings. The number of carbonyl (C=O) groups is 3. The highest BCUT2D eigenvalue weighted by Gasteiger charge is 2.35. The van der Waals surface area contributed by atoms with Crippen molar-refractivity contribution >= 4 is 30.5 Å². The summed E-state index contributed by atoms with van der Waals surface area (Å²) in [5.41, 5.74) is -0.598. The third-order valence-corrected chi connectivity index (χ3v) is 5.49. The van der Waals surface area contributed by atoms with Crippen molar-refractivity contribution in [1.82, 2.24) is 10.2 Å². The van der Waals surface area contributed by atoms with Gasteiger partial charge in [-0.15, -0.1) is 0 Å². The number of methoxy groups -OCH3 is 1. The molecule has 0 aromatic heterocycles. The summed E-state index contributed by atoms with van der Waals surface area (Å²) < 4.78 is 48.5. The van der Waals surface area contributed by atoms with Crippen molar-refractivity contribution in [2.75, 3.05) is 7.11 Å². The van der Waals surface area contributed by atoms with Crippen molar-refractivity contribution < 1.29 is 37.0 Å². The van der Waals surface area contributed by atoms with Crippen LogP contribution in [0.3, 0.4) is 0 Å². The number of benzene rings is 1. The Morgan fingerprint density at radius 2 is 1.88 bits per heavy atom. The highest BCUT2D eigenvalue weighted by molar-refractivity contribution is 6.30. The largest absolute Gasteiger partial charge is 0.465 e. The van der Waals surface area contributed by atoms with E-state index in [9.17, 15) is 27.6 Å². The van der Waals surface area contributed by atoms with E-state index in [2.05, 4.69) is 10.1 Å². The lowest BCUT2D eigenvalue weighted by Crippen LogP contribution is -2.53. The third-order valence-electron chi connectivity index (χ3n) is 5.27. The molecule has 7 nitrogen and oxygen atoms in total. The topological polar surface area (TPSA) is 84.9 Å². The first-order valence-electron chi connectivity index (χ1n) is 10.9. The average Bonchev–Trinajstić information content (AvgIpc) is 2.76. The summed E-state index contributed by atoms with van der Waals surface area (Å²) in [4.78, 5) is 34.1. The lowest BCUT2D eigenvalue weighted by Gasteiger charge is -2.40. The van der Waals surface area contributed by atoms with Gasteiger partial charge < -0.3 is 24.5 Å². The van der Waals surface area contributed by atoms with Crippen LogP contribution >= 0.6 is 11.6 Å². The van der Waals surface area contributed by atoms with E-state index in [1.807, 2.05) is 6.92 Å². The normalized spacial score (nSPS) is 20.1. The molecule has 1 aliphatic heterocycles. The first-order valence-corrected chi connectivity index (χ1v) is 11.3. The lowest BCUT2D eigenvalue weighted by atomic mass is 9.90. The lowest BCUT2D eigenvalue weighted by molar-refractivity contribution is -0.137. The molecule has 1 amide bonds. The number of rotatable bonds is 8. The second-order valence-electron chi connectivity index (χ2n) is 8.22. The van der Waals surface area contributed by atoms with Crippen molar-refractivity contribution in [3.63, 3.8) is 0 Å². The molecule has 0 radical (unpaired) electrons. The maximum Gasteiger partial charge on any atom is 0.416 e. The van der Waals surface area contributed by atoms with Crippen LogP contribution in [-0.2, 0) is 31.8 Å². The number of amides is 1. The number of halogens is 4. The fraction of sp³-hybridized carbons (Fsp3) is 0.609. The summed E-state index contributed by atoms with van der Waals surface area (Å²) in [7, 11) is 1.23. The van der Waals surface area contributed by atoms with E-state index >= 15 is 0 Å². The maximum atomic E-state index is 13.1. The molecule has 2 rings (SSSR count). The summed E-state index contributed by atoms with van der Waals surface area (Å²) in [6.45, 7) is 5.98. The summed E-state index contributed by atoms with van der Waals surface area (Å²) >= 11 is 5.87. The van der Waals surface area contributed by atoms with E-state index in [-0.39, 0.29) is 41.4 Å². The van der Waals surface area contributed by atoms with Crippen LogP contribution in [0.25, 0.3) is 0 Å². The van der Waals surface area contributed by atoms with Gasteiger partial charge in [0.25, 0.3) is 6.47 Å². The SMILES string of the molecule is CC(C)OC=O.CCC1CC(N(Cc2cc(Cl)cc(C(F)(F)F)c2)C(=O)OC)CC(CC=O)N1. The van der Waals surface area contributed by atoms with E-state index < -0.39 is 17.8 Å². The van der Waals surface area contributed by atoms with E-state index in [0.717, 1.165) is 24.8 Å². The molecule has 0 bridgehead atoms. The Morgan fingerprint density at radius 3 is 2.35 bits per heavy atom. The Morgan fingerprint density at radius 1 is 1.24 bits per heavy atom. The minimum absolute atomic E-state index is 0.0301. The number of nitrogens with one attached hydrogen (secondary N) is 1. The Labute approximate surface area is 202 Å². The van der Waals surface area contributed by atoms with Crippen LogP contribution in [0.2, 0.25) is 5.02 Å².